The van der Waals surface area contributed by atoms with E-state index in [1.807, 2.05) is 13.0 Å². The predicted molar refractivity (Wildman–Crippen MR) is 152 cm³/mol. The molecule has 4 heterocycles. The van der Waals surface area contributed by atoms with E-state index in [1.54, 1.807) is 18.3 Å². The predicted octanol–water partition coefficient (Wildman–Crippen LogP) is 3.93. The number of H-pyrrole nitrogens is 1. The van der Waals surface area contributed by atoms with Crippen LogP contribution in [-0.2, 0) is 14.3 Å². The lowest BCUT2D eigenvalue weighted by molar-refractivity contribution is -0.231. The molecule has 0 radical (unpaired) electrons. The highest BCUT2D eigenvalue weighted by molar-refractivity contribution is 5.83. The van der Waals surface area contributed by atoms with Gasteiger partial charge in [0.25, 0.3) is 0 Å². The smallest absolute Gasteiger partial charge is 0.230 e. The Bertz CT molecular complexity index is 1340. The second-order valence-electron chi connectivity index (χ2n) is 11.7. The lowest BCUT2D eigenvalue weighted by atomic mass is 9.89. The van der Waals surface area contributed by atoms with Gasteiger partial charge >= 0.3 is 0 Å². The van der Waals surface area contributed by atoms with Crippen molar-refractivity contribution < 1.29 is 18.7 Å². The number of aromatic amines is 1. The van der Waals surface area contributed by atoms with Crippen molar-refractivity contribution in [2.75, 3.05) is 51.3 Å². The number of ether oxygens (including phenoxy) is 2. The first-order valence-electron chi connectivity index (χ1n) is 14.5. The summed E-state index contributed by atoms with van der Waals surface area (Å²) in [6, 6.07) is 8.26. The minimum absolute atomic E-state index is 0.0348. The number of nitrogens with zero attached hydrogens (tertiary/aromatic N) is 5. The molecule has 1 saturated carbocycles. The van der Waals surface area contributed by atoms with E-state index in [0.717, 1.165) is 57.4 Å². The number of anilines is 1. The van der Waals surface area contributed by atoms with Crippen molar-refractivity contribution in [2.24, 2.45) is 5.41 Å². The average molecular weight is 564 g/mol. The molecule has 0 spiro atoms. The maximum Gasteiger partial charge on any atom is 0.230 e. The van der Waals surface area contributed by atoms with E-state index in [-0.39, 0.29) is 31.0 Å². The van der Waals surface area contributed by atoms with Crippen LogP contribution in [0.1, 0.15) is 51.1 Å². The first-order valence-corrected chi connectivity index (χ1v) is 14.5. The van der Waals surface area contributed by atoms with Gasteiger partial charge in [-0.05, 0) is 57.1 Å². The summed E-state index contributed by atoms with van der Waals surface area (Å²) >= 11 is 0. The van der Waals surface area contributed by atoms with Gasteiger partial charge in [0.2, 0.25) is 18.1 Å². The highest BCUT2D eigenvalue weighted by atomic mass is 19.1. The molecule has 1 amide bonds. The Kier molecular flexibility index (Phi) is 8.01. The highest BCUT2D eigenvalue weighted by Crippen LogP contribution is 2.36. The van der Waals surface area contributed by atoms with E-state index in [2.05, 4.69) is 32.1 Å². The van der Waals surface area contributed by atoms with Gasteiger partial charge in [0.05, 0.1) is 35.7 Å². The number of rotatable bonds is 6. The van der Waals surface area contributed by atoms with Crippen LogP contribution in [-0.4, -0.2) is 83.2 Å². The quantitative estimate of drug-likeness (QED) is 0.465. The van der Waals surface area contributed by atoms with Gasteiger partial charge in [-0.1, -0.05) is 19.3 Å². The molecule has 1 aliphatic carbocycles. The van der Waals surface area contributed by atoms with Crippen molar-refractivity contribution in [3.63, 3.8) is 0 Å². The number of aromatic nitrogens is 4. The Labute approximate surface area is 239 Å². The molecule has 2 aliphatic heterocycles. The summed E-state index contributed by atoms with van der Waals surface area (Å²) in [5.41, 5.74) is 1.89. The van der Waals surface area contributed by atoms with Gasteiger partial charge in [-0.2, -0.15) is 0 Å². The number of carbonyl (C=O) groups is 1. The number of nitrogens with one attached hydrogen (secondary N) is 2. The normalized spacial score (nSPS) is 24.4. The largest absolute Gasteiger partial charge is 0.353 e. The van der Waals surface area contributed by atoms with Gasteiger partial charge in [-0.15, -0.1) is 0 Å². The van der Waals surface area contributed by atoms with Crippen LogP contribution in [0.4, 0.5) is 10.3 Å². The fourth-order valence-electron chi connectivity index (χ4n) is 5.66. The number of carbonyl (C=O) groups excluding carboxylic acids is 1. The van der Waals surface area contributed by atoms with Crippen LogP contribution in [0.15, 0.2) is 36.5 Å². The van der Waals surface area contributed by atoms with Crippen LogP contribution in [0.25, 0.3) is 22.6 Å². The summed E-state index contributed by atoms with van der Waals surface area (Å²) in [6.45, 7) is 5.86. The van der Waals surface area contributed by atoms with Gasteiger partial charge in [-0.3, -0.25) is 4.79 Å². The molecule has 218 valence electrons. The Morgan fingerprint density at radius 2 is 1.73 bits per heavy atom. The standard InChI is InChI=1S/C30H38FN7O3/c1-30(28(39)33-22-6-4-3-5-7-22)18-40-27(41-19-30)26-35-24(20-8-10-21(31)11-9-20)25(36-26)23-12-13-32-29(34-23)38-16-14-37(2)15-17-38/h8-13,22,27H,3-7,14-19H2,1-2H3,(H,33,39)(H,35,36). The third kappa shape index (κ3) is 6.12. The molecule has 0 bridgehead atoms. The molecule has 0 atom stereocenters. The summed E-state index contributed by atoms with van der Waals surface area (Å²) in [5, 5.41) is 3.21. The Balaban J connectivity index is 1.24. The van der Waals surface area contributed by atoms with Gasteiger partial charge in [0, 0.05) is 44.0 Å². The fourth-order valence-corrected chi connectivity index (χ4v) is 5.66. The summed E-state index contributed by atoms with van der Waals surface area (Å²) < 4.78 is 26.0. The van der Waals surface area contributed by atoms with Crippen molar-refractivity contribution in [3.8, 4) is 22.6 Å². The fraction of sp³-hybridized carbons (Fsp3) is 0.533. The monoisotopic (exact) mass is 563 g/mol. The molecule has 3 aliphatic rings. The van der Waals surface area contributed by atoms with Crippen LogP contribution in [0.2, 0.25) is 0 Å². The number of likely N-dealkylation sites (N-methyl/N-ethyl adjacent to an activating group) is 1. The van der Waals surface area contributed by atoms with E-state index < -0.39 is 11.7 Å². The molecular weight excluding hydrogens is 525 g/mol. The van der Waals surface area contributed by atoms with Crippen molar-refractivity contribution in [1.82, 2.24) is 30.2 Å². The maximum atomic E-state index is 13.8. The number of benzene rings is 1. The lowest BCUT2D eigenvalue weighted by Crippen LogP contribution is -2.51. The van der Waals surface area contributed by atoms with Crippen LogP contribution in [0, 0.1) is 11.2 Å². The molecule has 10 nitrogen and oxygen atoms in total. The zero-order valence-electron chi connectivity index (χ0n) is 23.7. The number of hydrogen-bond acceptors (Lipinski definition) is 8. The zero-order chi connectivity index (χ0) is 28.4. The topological polar surface area (TPSA) is 108 Å². The minimum Gasteiger partial charge on any atom is -0.353 e. The van der Waals surface area contributed by atoms with Crippen LogP contribution < -0.4 is 10.2 Å². The minimum atomic E-state index is -0.784. The third-order valence-corrected chi connectivity index (χ3v) is 8.34. The van der Waals surface area contributed by atoms with Crippen LogP contribution in [0.3, 0.4) is 0 Å². The van der Waals surface area contributed by atoms with Gasteiger partial charge in [-0.25, -0.2) is 19.3 Å². The Hall–Kier alpha value is -3.41. The SMILES string of the molecule is CN1CCN(c2nccc(-c3[nH]c(C4OCC(C)(C(=O)NC5CCCCC5)CO4)nc3-c3ccc(F)cc3)n2)CC1. The highest BCUT2D eigenvalue weighted by Gasteiger charge is 2.41. The number of amides is 1. The van der Waals surface area contributed by atoms with Crippen LogP contribution >= 0.6 is 0 Å². The number of halogens is 1. The molecule has 1 aromatic carbocycles. The molecule has 2 saturated heterocycles. The number of hydrogen-bond donors (Lipinski definition) is 2. The molecule has 41 heavy (non-hydrogen) atoms. The average Bonchev–Trinajstić information content (AvgIpc) is 3.44. The molecule has 11 heteroatoms. The van der Waals surface area contributed by atoms with Gasteiger partial charge < -0.3 is 29.6 Å². The summed E-state index contributed by atoms with van der Waals surface area (Å²) in [5.74, 6) is 0.762. The molecule has 0 unspecified atom stereocenters. The number of imidazole rings is 1. The molecule has 3 fully saturated rings. The van der Waals surface area contributed by atoms with E-state index in [4.69, 9.17) is 19.4 Å². The summed E-state index contributed by atoms with van der Waals surface area (Å²) in [7, 11) is 2.11. The lowest BCUT2D eigenvalue weighted by Gasteiger charge is -2.37. The maximum absolute atomic E-state index is 13.8. The van der Waals surface area contributed by atoms with E-state index in [9.17, 15) is 9.18 Å². The van der Waals surface area contributed by atoms with Crippen molar-refractivity contribution in [1.29, 1.82) is 0 Å². The molecule has 3 aromatic rings. The van der Waals surface area contributed by atoms with Gasteiger partial charge in [0.1, 0.15) is 5.82 Å². The first kappa shape index (κ1) is 27.7. The Morgan fingerprint density at radius 3 is 2.44 bits per heavy atom. The third-order valence-electron chi connectivity index (χ3n) is 8.34. The van der Waals surface area contributed by atoms with Crippen molar-refractivity contribution in [3.05, 3.63) is 48.2 Å². The number of piperazine rings is 1. The Morgan fingerprint density at radius 1 is 1.02 bits per heavy atom. The summed E-state index contributed by atoms with van der Waals surface area (Å²) in [6.07, 6.45) is 6.54. The van der Waals surface area contributed by atoms with E-state index in [0.29, 0.717) is 28.9 Å². The molecule has 2 N–H and O–H groups in total. The molecule has 2 aromatic heterocycles. The van der Waals surface area contributed by atoms with Crippen molar-refractivity contribution in [2.45, 2.75) is 51.4 Å². The zero-order valence-corrected chi connectivity index (χ0v) is 23.7. The second kappa shape index (κ2) is 11.8. The molecular formula is C30H38FN7O3. The second-order valence-corrected chi connectivity index (χ2v) is 11.7. The van der Waals surface area contributed by atoms with Crippen LogP contribution in [0.5, 0.6) is 0 Å². The first-order chi connectivity index (χ1) is 19.9. The summed E-state index contributed by atoms with van der Waals surface area (Å²) in [4.78, 5) is 35.2. The van der Waals surface area contributed by atoms with Crippen molar-refractivity contribution >= 4 is 11.9 Å². The van der Waals surface area contributed by atoms with E-state index >= 15 is 0 Å². The van der Waals surface area contributed by atoms with Gasteiger partial charge in [0.15, 0.2) is 5.82 Å². The van der Waals surface area contributed by atoms with E-state index in [1.165, 1.54) is 18.6 Å². The molecule has 6 rings (SSSR count).